The molecule has 0 aliphatic carbocycles. The van der Waals surface area contributed by atoms with Gasteiger partial charge in [0, 0.05) is 55.0 Å². The summed E-state index contributed by atoms with van der Waals surface area (Å²) in [7, 11) is 0. The van der Waals surface area contributed by atoms with Gasteiger partial charge in [0.1, 0.15) is 28.4 Å². The second-order valence-corrected chi connectivity index (χ2v) is 15.9. The van der Waals surface area contributed by atoms with Crippen LogP contribution in [-0.4, -0.2) is 16.0 Å². The molecule has 278 valence electrons. The molecule has 0 fully saturated rings. The summed E-state index contributed by atoms with van der Waals surface area (Å²) in [5.41, 5.74) is 14.9. The highest BCUT2D eigenvalue weighted by Gasteiger charge is 2.41. The van der Waals surface area contributed by atoms with Crippen molar-refractivity contribution < 1.29 is 13.8 Å². The maximum atomic E-state index is 7.02. The molecule has 5 nitrogen and oxygen atoms in total. The quantitative estimate of drug-likeness (QED) is 0.168. The van der Waals surface area contributed by atoms with E-state index >= 15 is 0 Å². The van der Waals surface area contributed by atoms with E-state index in [0.29, 0.717) is 0 Å². The van der Waals surface area contributed by atoms with E-state index in [1.165, 1.54) is 21.8 Å². The molecule has 2 aliphatic rings. The second-order valence-electron chi connectivity index (χ2n) is 15.9. The van der Waals surface area contributed by atoms with E-state index in [1.54, 1.807) is 0 Å². The number of furan rings is 1. The van der Waals surface area contributed by atoms with E-state index in [0.717, 1.165) is 106 Å². The lowest BCUT2D eigenvalue weighted by molar-refractivity contribution is 0.479. The molecule has 0 radical (unpaired) electrons. The molecule has 0 spiro atoms. The monoisotopic (exact) mass is 766 g/mol. The van der Waals surface area contributed by atoms with Crippen LogP contribution < -0.4 is 20.3 Å². The van der Waals surface area contributed by atoms with Crippen molar-refractivity contribution in [2.75, 3.05) is 0 Å². The third kappa shape index (κ3) is 4.26. The van der Waals surface area contributed by atoms with Gasteiger partial charge in [-0.25, -0.2) is 0 Å². The lowest BCUT2D eigenvalue weighted by atomic mass is 9.50. The molecule has 0 amide bonds. The Labute approximate surface area is 344 Å². The molecule has 14 rings (SSSR count). The molecule has 12 aromatic rings. The van der Waals surface area contributed by atoms with E-state index < -0.39 is 0 Å². The summed E-state index contributed by atoms with van der Waals surface area (Å²) in [6, 6.07) is 66.8. The van der Waals surface area contributed by atoms with Gasteiger partial charge in [0.05, 0.1) is 38.8 Å². The third-order valence-electron chi connectivity index (χ3n) is 12.8. The summed E-state index contributed by atoms with van der Waals surface area (Å²) in [5, 5.41) is 6.97. The van der Waals surface area contributed by atoms with Gasteiger partial charge in [0.15, 0.2) is 0 Å². The first-order valence-corrected chi connectivity index (χ1v) is 20.4. The van der Waals surface area contributed by atoms with Crippen LogP contribution in [0.3, 0.4) is 0 Å². The van der Waals surface area contributed by atoms with Crippen LogP contribution >= 0.6 is 0 Å². The summed E-state index contributed by atoms with van der Waals surface area (Å²) in [6.07, 6.45) is 0. The van der Waals surface area contributed by atoms with Gasteiger partial charge in [-0.3, -0.25) is 0 Å². The normalized spacial score (nSPS) is 12.9. The van der Waals surface area contributed by atoms with Crippen molar-refractivity contribution in [3.05, 3.63) is 188 Å². The number of fused-ring (bicyclic) bond motifs is 14. The van der Waals surface area contributed by atoms with Crippen molar-refractivity contribution in [2.24, 2.45) is 0 Å². The van der Waals surface area contributed by atoms with Gasteiger partial charge in [-0.05, 0) is 71.8 Å². The molecule has 6 heteroatoms. The minimum atomic E-state index is -0.364. The average molecular weight is 767 g/mol. The van der Waals surface area contributed by atoms with E-state index in [2.05, 4.69) is 185 Å². The molecule has 5 heterocycles. The summed E-state index contributed by atoms with van der Waals surface area (Å²) in [5.74, 6) is 2.44. The first-order chi connectivity index (χ1) is 29.8. The Balaban J connectivity index is 0.966. The Hall–Kier alpha value is -7.96. The zero-order valence-electron chi connectivity index (χ0n) is 32.1. The fraction of sp³-hybridized carbons (Fsp3) is 0. The van der Waals surface area contributed by atoms with Gasteiger partial charge >= 0.3 is 6.92 Å². The topological polar surface area (TPSA) is 41.5 Å². The molecule has 60 heavy (non-hydrogen) atoms. The number of ether oxygens (including phenoxy) is 1. The number of hydrogen-bond donors (Lipinski definition) is 0. The van der Waals surface area contributed by atoms with Crippen LogP contribution in [-0.2, 0) is 0 Å². The number of nitrogens with zero attached hydrogens (tertiary/aromatic N) is 2. The van der Waals surface area contributed by atoms with E-state index in [4.69, 9.17) is 13.8 Å². The summed E-state index contributed by atoms with van der Waals surface area (Å²) >= 11 is 0. The predicted molar refractivity (Wildman–Crippen MR) is 245 cm³/mol. The fourth-order valence-corrected chi connectivity index (χ4v) is 10.3. The van der Waals surface area contributed by atoms with Gasteiger partial charge in [0.25, 0.3) is 0 Å². The highest BCUT2D eigenvalue weighted by atomic mass is 16.5. The SMILES string of the molecule is c1ccc2c(c1)OB1c3cc(-c4ccccc4-n4c5ccccc5c5ccccc54)ccc3Oc3cc(-n4c5ccccc5c5c6oc7ccccc7c6ccc54)cc-2c31. The molecule has 0 N–H and O–H groups in total. The molecule has 9 aromatic carbocycles. The van der Waals surface area contributed by atoms with Gasteiger partial charge < -0.3 is 22.9 Å². The van der Waals surface area contributed by atoms with Crippen LogP contribution in [0.15, 0.2) is 192 Å². The molecule has 0 atom stereocenters. The van der Waals surface area contributed by atoms with Gasteiger partial charge in [-0.15, -0.1) is 0 Å². The minimum absolute atomic E-state index is 0.364. The number of hydrogen-bond acceptors (Lipinski definition) is 3. The van der Waals surface area contributed by atoms with Crippen LogP contribution in [0.2, 0.25) is 0 Å². The second kappa shape index (κ2) is 11.8. The Morgan fingerprint density at radius 1 is 0.417 bits per heavy atom. The molecule has 0 unspecified atom stereocenters. The van der Waals surface area contributed by atoms with Crippen LogP contribution in [0, 0.1) is 0 Å². The Morgan fingerprint density at radius 2 is 1.08 bits per heavy atom. The first kappa shape index (κ1) is 32.1. The Morgan fingerprint density at radius 3 is 1.90 bits per heavy atom. The maximum absolute atomic E-state index is 7.02. The predicted octanol–water partition coefficient (Wildman–Crippen LogP) is 12.7. The standard InChI is InChI=1S/C54H31BN2O3/c1-7-19-43(57-44-20-8-2-14-35(44)36-15-3-9-21-45(36)57)34(13-1)32-25-28-50-42(29-32)55-53-41(38-17-6-12-24-49(38)60-55)30-33(31-51(53)58-50)56-46-22-10-4-18-40(46)52-47(56)27-26-39-37-16-5-11-23-48(37)59-54(39)52/h1-31H. The van der Waals surface area contributed by atoms with Crippen molar-refractivity contribution in [1.82, 2.24) is 9.13 Å². The Kier molecular flexibility index (Phi) is 6.31. The van der Waals surface area contributed by atoms with Crippen LogP contribution in [0.25, 0.3) is 99.2 Å². The minimum Gasteiger partial charge on any atom is -0.551 e. The number of para-hydroxylation sites is 6. The zero-order valence-corrected chi connectivity index (χ0v) is 32.1. The lowest BCUT2D eigenvalue weighted by Crippen LogP contribution is -2.53. The molecular formula is C54H31BN2O3. The average Bonchev–Trinajstić information content (AvgIpc) is 3.97. The molecule has 0 saturated carbocycles. The van der Waals surface area contributed by atoms with Crippen LogP contribution in [0.5, 0.6) is 17.2 Å². The zero-order chi connectivity index (χ0) is 39.1. The van der Waals surface area contributed by atoms with E-state index in [1.807, 2.05) is 12.1 Å². The lowest BCUT2D eigenvalue weighted by Gasteiger charge is -2.33. The summed E-state index contributed by atoms with van der Waals surface area (Å²) in [4.78, 5) is 0. The molecule has 0 saturated heterocycles. The number of benzene rings is 9. The molecular weight excluding hydrogens is 735 g/mol. The van der Waals surface area contributed by atoms with Crippen molar-refractivity contribution in [3.63, 3.8) is 0 Å². The van der Waals surface area contributed by atoms with Crippen molar-refractivity contribution in [2.45, 2.75) is 0 Å². The fourth-order valence-electron chi connectivity index (χ4n) is 10.3. The van der Waals surface area contributed by atoms with Gasteiger partial charge in [-0.1, -0.05) is 121 Å². The summed E-state index contributed by atoms with van der Waals surface area (Å²) in [6.45, 7) is -0.364. The smallest absolute Gasteiger partial charge is 0.434 e. The molecule has 0 bridgehead atoms. The molecule has 2 aliphatic heterocycles. The summed E-state index contributed by atoms with van der Waals surface area (Å²) < 4.78 is 25.4. The van der Waals surface area contributed by atoms with Crippen molar-refractivity contribution >= 4 is 83.4 Å². The highest BCUT2D eigenvalue weighted by molar-refractivity contribution is 6.84. The highest BCUT2D eigenvalue weighted by Crippen LogP contribution is 2.45. The first-order valence-electron chi connectivity index (χ1n) is 20.4. The van der Waals surface area contributed by atoms with Crippen LogP contribution in [0.4, 0.5) is 0 Å². The largest absolute Gasteiger partial charge is 0.551 e. The van der Waals surface area contributed by atoms with Gasteiger partial charge in [-0.2, -0.15) is 0 Å². The van der Waals surface area contributed by atoms with Crippen molar-refractivity contribution in [1.29, 1.82) is 0 Å². The van der Waals surface area contributed by atoms with Crippen LogP contribution in [0.1, 0.15) is 0 Å². The van der Waals surface area contributed by atoms with E-state index in [9.17, 15) is 0 Å². The number of rotatable bonds is 3. The number of aromatic nitrogens is 2. The van der Waals surface area contributed by atoms with Gasteiger partial charge in [0.2, 0.25) is 0 Å². The maximum Gasteiger partial charge on any atom is 0.434 e. The Bertz CT molecular complexity index is 3760. The van der Waals surface area contributed by atoms with Crippen molar-refractivity contribution in [3.8, 4) is 50.9 Å². The third-order valence-corrected chi connectivity index (χ3v) is 12.8. The van der Waals surface area contributed by atoms with E-state index in [-0.39, 0.29) is 6.92 Å². The molecule has 3 aromatic heterocycles.